The lowest BCUT2D eigenvalue weighted by Gasteiger charge is -2.29. The first kappa shape index (κ1) is 23.6. The second-order valence-electron chi connectivity index (χ2n) is 8.45. The summed E-state index contributed by atoms with van der Waals surface area (Å²) >= 11 is 0. The Morgan fingerprint density at radius 1 is 1.24 bits per heavy atom. The second-order valence-corrected chi connectivity index (χ2v) is 8.45. The molecule has 0 spiro atoms. The average molecular weight is 454 g/mol. The number of nitriles is 1. The molecule has 174 valence electrons. The van der Waals surface area contributed by atoms with E-state index >= 15 is 0 Å². The van der Waals surface area contributed by atoms with E-state index in [2.05, 4.69) is 36.1 Å². The van der Waals surface area contributed by atoms with Gasteiger partial charge in [-0.3, -0.25) is 4.79 Å². The number of carbonyl (C=O) groups excluding carboxylic acids is 2. The number of anilines is 3. The Morgan fingerprint density at radius 2 is 2.03 bits per heavy atom. The normalized spacial score (nSPS) is 15.5. The molecule has 1 aliphatic heterocycles. The molecular formula is C21H27N9O3. The third kappa shape index (κ3) is 6.25. The molecule has 1 atom stereocenters. The van der Waals surface area contributed by atoms with Gasteiger partial charge in [-0.05, 0) is 33.6 Å². The molecule has 0 aliphatic carbocycles. The SMILES string of the molecule is CNC(=O)c1nnc(Nc2cnc(C#N)cn2)cc1NCC1CCCN1C(=O)OC(C)(C)C. The number of aromatic nitrogens is 4. The summed E-state index contributed by atoms with van der Waals surface area (Å²) in [5.74, 6) is 0.304. The van der Waals surface area contributed by atoms with Crippen LogP contribution in [0.1, 0.15) is 49.8 Å². The molecule has 33 heavy (non-hydrogen) atoms. The van der Waals surface area contributed by atoms with Crippen molar-refractivity contribution in [1.82, 2.24) is 30.4 Å². The number of carbonyl (C=O) groups is 2. The van der Waals surface area contributed by atoms with Gasteiger partial charge in [0.1, 0.15) is 17.5 Å². The van der Waals surface area contributed by atoms with Gasteiger partial charge in [-0.2, -0.15) is 5.26 Å². The number of nitrogens with one attached hydrogen (secondary N) is 3. The first-order valence-electron chi connectivity index (χ1n) is 10.5. The summed E-state index contributed by atoms with van der Waals surface area (Å²) < 4.78 is 5.52. The lowest BCUT2D eigenvalue weighted by molar-refractivity contribution is 0.0235. The first-order valence-corrected chi connectivity index (χ1v) is 10.5. The lowest BCUT2D eigenvalue weighted by atomic mass is 10.2. The van der Waals surface area contributed by atoms with Gasteiger partial charge in [-0.1, -0.05) is 0 Å². The van der Waals surface area contributed by atoms with E-state index in [1.54, 1.807) is 11.0 Å². The molecule has 3 N–H and O–H groups in total. The van der Waals surface area contributed by atoms with E-state index in [1.807, 2.05) is 26.8 Å². The summed E-state index contributed by atoms with van der Waals surface area (Å²) in [4.78, 5) is 34.6. The minimum atomic E-state index is -0.575. The maximum Gasteiger partial charge on any atom is 0.410 e. The maximum absolute atomic E-state index is 12.6. The van der Waals surface area contributed by atoms with E-state index in [-0.39, 0.29) is 23.5 Å². The molecule has 1 aliphatic rings. The first-order chi connectivity index (χ1) is 15.7. The van der Waals surface area contributed by atoms with Crippen LogP contribution in [-0.4, -0.2) is 68.8 Å². The minimum absolute atomic E-state index is 0.0913. The molecule has 1 saturated heterocycles. The molecule has 2 aromatic rings. The number of rotatable bonds is 6. The fourth-order valence-electron chi connectivity index (χ4n) is 3.29. The topological polar surface area (TPSA) is 158 Å². The van der Waals surface area contributed by atoms with Crippen LogP contribution in [0.2, 0.25) is 0 Å². The van der Waals surface area contributed by atoms with Crippen LogP contribution in [-0.2, 0) is 4.74 Å². The fraction of sp³-hybridized carbons (Fsp3) is 0.476. The summed E-state index contributed by atoms with van der Waals surface area (Å²) in [5, 5.41) is 25.6. The molecule has 0 radical (unpaired) electrons. The van der Waals surface area contributed by atoms with Crippen molar-refractivity contribution in [1.29, 1.82) is 5.26 Å². The van der Waals surface area contributed by atoms with Crippen molar-refractivity contribution < 1.29 is 14.3 Å². The molecule has 12 nitrogen and oxygen atoms in total. The van der Waals surface area contributed by atoms with Gasteiger partial charge in [0.2, 0.25) is 0 Å². The summed E-state index contributed by atoms with van der Waals surface area (Å²) in [6.45, 7) is 6.52. The van der Waals surface area contributed by atoms with Gasteiger partial charge < -0.3 is 25.6 Å². The van der Waals surface area contributed by atoms with Crippen molar-refractivity contribution in [3.8, 4) is 6.07 Å². The molecule has 0 aromatic carbocycles. The Balaban J connectivity index is 1.75. The van der Waals surface area contributed by atoms with Crippen LogP contribution in [0.3, 0.4) is 0 Å². The lowest BCUT2D eigenvalue weighted by Crippen LogP contribution is -2.42. The number of hydrogen-bond donors (Lipinski definition) is 3. The fourth-order valence-corrected chi connectivity index (χ4v) is 3.29. The zero-order valence-electron chi connectivity index (χ0n) is 19.0. The third-order valence-electron chi connectivity index (χ3n) is 4.79. The Morgan fingerprint density at radius 3 is 2.67 bits per heavy atom. The monoisotopic (exact) mass is 453 g/mol. The zero-order chi connectivity index (χ0) is 24.0. The van der Waals surface area contributed by atoms with Gasteiger partial charge in [-0.15, -0.1) is 10.2 Å². The van der Waals surface area contributed by atoms with Crippen LogP contribution < -0.4 is 16.0 Å². The van der Waals surface area contributed by atoms with Gasteiger partial charge >= 0.3 is 6.09 Å². The summed E-state index contributed by atoms with van der Waals surface area (Å²) in [5.41, 5.74) is 0.184. The largest absolute Gasteiger partial charge is 0.444 e. The zero-order valence-corrected chi connectivity index (χ0v) is 19.0. The summed E-state index contributed by atoms with van der Waals surface area (Å²) in [6, 6.07) is 3.44. The van der Waals surface area contributed by atoms with Crippen molar-refractivity contribution in [2.75, 3.05) is 30.8 Å². The molecule has 2 aromatic heterocycles. The molecular weight excluding hydrogens is 426 g/mol. The minimum Gasteiger partial charge on any atom is -0.444 e. The van der Waals surface area contributed by atoms with Crippen LogP contribution in [0.4, 0.5) is 22.1 Å². The van der Waals surface area contributed by atoms with Crippen molar-refractivity contribution >= 4 is 29.3 Å². The van der Waals surface area contributed by atoms with Crippen molar-refractivity contribution in [2.45, 2.75) is 45.3 Å². The summed E-state index contributed by atoms with van der Waals surface area (Å²) in [6.07, 6.45) is 4.06. The van der Waals surface area contributed by atoms with Gasteiger partial charge in [0.25, 0.3) is 5.91 Å². The van der Waals surface area contributed by atoms with E-state index < -0.39 is 11.5 Å². The molecule has 2 amide bonds. The van der Waals surface area contributed by atoms with E-state index in [0.717, 1.165) is 12.8 Å². The van der Waals surface area contributed by atoms with Crippen molar-refractivity contribution in [2.24, 2.45) is 0 Å². The average Bonchev–Trinajstić information content (AvgIpc) is 3.25. The third-order valence-corrected chi connectivity index (χ3v) is 4.79. The smallest absolute Gasteiger partial charge is 0.410 e. The predicted octanol–water partition coefficient (Wildman–Crippen LogP) is 2.05. The Labute approximate surface area is 191 Å². The Hall–Kier alpha value is -4.01. The molecule has 1 unspecified atom stereocenters. The van der Waals surface area contributed by atoms with E-state index in [9.17, 15) is 9.59 Å². The highest BCUT2D eigenvalue weighted by Crippen LogP contribution is 2.23. The molecule has 0 bridgehead atoms. The van der Waals surface area contributed by atoms with E-state index in [1.165, 1.54) is 19.4 Å². The van der Waals surface area contributed by atoms with Crippen LogP contribution in [0.15, 0.2) is 18.5 Å². The highest BCUT2D eigenvalue weighted by atomic mass is 16.6. The van der Waals surface area contributed by atoms with Crippen LogP contribution in [0.5, 0.6) is 0 Å². The predicted molar refractivity (Wildman–Crippen MR) is 120 cm³/mol. The number of hydrogen-bond acceptors (Lipinski definition) is 10. The van der Waals surface area contributed by atoms with Gasteiger partial charge in [0, 0.05) is 26.2 Å². The van der Waals surface area contributed by atoms with Crippen LogP contribution in [0.25, 0.3) is 0 Å². The van der Waals surface area contributed by atoms with Crippen molar-refractivity contribution in [3.63, 3.8) is 0 Å². The van der Waals surface area contributed by atoms with Gasteiger partial charge in [0.05, 0.1) is 24.1 Å². The number of ether oxygens (including phenoxy) is 1. The molecule has 3 rings (SSSR count). The Bertz CT molecular complexity index is 1040. The van der Waals surface area contributed by atoms with Crippen LogP contribution >= 0.6 is 0 Å². The highest BCUT2D eigenvalue weighted by Gasteiger charge is 2.32. The van der Waals surface area contributed by atoms with E-state index in [4.69, 9.17) is 10.00 Å². The quantitative estimate of drug-likeness (QED) is 0.591. The second kappa shape index (κ2) is 10.1. The van der Waals surface area contributed by atoms with Crippen LogP contribution in [0, 0.1) is 11.3 Å². The standard InChI is InChI=1S/C21H27N9O3/c1-21(2,3)33-20(32)30-7-5-6-14(30)11-25-15-8-16(28-29-18(15)19(31)23-4)27-17-12-24-13(9-22)10-26-17/h8,10,12,14H,5-7,11H2,1-4H3,(H,23,31)(H2,25,26,27,28). The van der Waals surface area contributed by atoms with Crippen molar-refractivity contribution in [3.05, 3.63) is 29.8 Å². The Kier molecular flexibility index (Phi) is 7.22. The highest BCUT2D eigenvalue weighted by molar-refractivity contribution is 5.97. The molecule has 12 heteroatoms. The number of likely N-dealkylation sites (tertiary alicyclic amines) is 1. The summed E-state index contributed by atoms with van der Waals surface area (Å²) in [7, 11) is 1.51. The maximum atomic E-state index is 12.6. The molecule has 0 saturated carbocycles. The number of amides is 2. The molecule has 3 heterocycles. The van der Waals surface area contributed by atoms with E-state index in [0.29, 0.717) is 30.4 Å². The van der Waals surface area contributed by atoms with Gasteiger partial charge in [-0.25, -0.2) is 14.8 Å². The van der Waals surface area contributed by atoms with Gasteiger partial charge in [0.15, 0.2) is 17.2 Å². The molecule has 1 fully saturated rings. The number of nitrogens with zero attached hydrogens (tertiary/aromatic N) is 6.